The minimum Gasteiger partial charge on any atom is -0.357 e. The molecule has 0 spiro atoms. The standard InChI is InChI=1S/C20H23ClN2S/c21-17-9-6-10-18(15-17)22-19(24)23-20(12-4-5-13-20)14-11-16-7-2-1-3-8-16/h1-3,6-10,15H,4-5,11-14H2,(H2,22,23,24). The minimum atomic E-state index is 0.110. The number of halogens is 1. The van der Waals surface area contributed by atoms with Gasteiger partial charge in [-0.15, -0.1) is 0 Å². The number of hydrogen-bond acceptors (Lipinski definition) is 1. The molecule has 2 nitrogen and oxygen atoms in total. The van der Waals surface area contributed by atoms with Crippen molar-refractivity contribution in [2.75, 3.05) is 5.32 Å². The fraction of sp³-hybridized carbons (Fsp3) is 0.350. The van der Waals surface area contributed by atoms with Gasteiger partial charge in [-0.2, -0.15) is 0 Å². The molecular weight excluding hydrogens is 336 g/mol. The monoisotopic (exact) mass is 358 g/mol. The van der Waals surface area contributed by atoms with Crippen LogP contribution in [0.3, 0.4) is 0 Å². The third-order valence-electron chi connectivity index (χ3n) is 4.76. The second-order valence-corrected chi connectivity index (χ2v) is 7.41. The van der Waals surface area contributed by atoms with E-state index in [0.717, 1.165) is 18.5 Å². The summed E-state index contributed by atoms with van der Waals surface area (Å²) in [5, 5.41) is 8.27. The third kappa shape index (κ3) is 4.71. The van der Waals surface area contributed by atoms with Gasteiger partial charge >= 0.3 is 0 Å². The largest absolute Gasteiger partial charge is 0.357 e. The number of thiocarbonyl (C=S) groups is 1. The molecule has 1 saturated carbocycles. The van der Waals surface area contributed by atoms with E-state index in [4.69, 9.17) is 23.8 Å². The molecular formula is C20H23ClN2S. The van der Waals surface area contributed by atoms with Crippen molar-refractivity contribution >= 4 is 34.6 Å². The summed E-state index contributed by atoms with van der Waals surface area (Å²) in [4.78, 5) is 0. The van der Waals surface area contributed by atoms with Crippen LogP contribution in [-0.2, 0) is 6.42 Å². The molecule has 0 radical (unpaired) electrons. The molecule has 126 valence electrons. The second kappa shape index (κ2) is 8.00. The van der Waals surface area contributed by atoms with Gasteiger partial charge in [-0.05, 0) is 61.7 Å². The van der Waals surface area contributed by atoms with Crippen molar-refractivity contribution in [3.63, 3.8) is 0 Å². The van der Waals surface area contributed by atoms with Gasteiger partial charge in [-0.1, -0.05) is 60.8 Å². The highest BCUT2D eigenvalue weighted by atomic mass is 35.5. The molecule has 0 unspecified atom stereocenters. The lowest BCUT2D eigenvalue weighted by Crippen LogP contribution is -2.48. The third-order valence-corrected chi connectivity index (χ3v) is 5.20. The van der Waals surface area contributed by atoms with E-state index in [2.05, 4.69) is 41.0 Å². The molecule has 0 saturated heterocycles. The molecule has 0 atom stereocenters. The summed E-state index contributed by atoms with van der Waals surface area (Å²) < 4.78 is 0. The number of nitrogens with one attached hydrogen (secondary N) is 2. The van der Waals surface area contributed by atoms with E-state index in [1.165, 1.54) is 31.2 Å². The van der Waals surface area contributed by atoms with E-state index in [1.807, 2.05) is 24.3 Å². The maximum atomic E-state index is 6.04. The topological polar surface area (TPSA) is 24.1 Å². The maximum Gasteiger partial charge on any atom is 0.171 e. The molecule has 1 aliphatic carbocycles. The Balaban J connectivity index is 1.61. The molecule has 0 amide bonds. The maximum absolute atomic E-state index is 6.04. The average Bonchev–Trinajstić information content (AvgIpc) is 3.02. The lowest BCUT2D eigenvalue weighted by molar-refractivity contribution is 0.362. The lowest BCUT2D eigenvalue weighted by Gasteiger charge is -2.32. The molecule has 0 aromatic heterocycles. The molecule has 4 heteroatoms. The normalized spacial score (nSPS) is 15.9. The Bertz CT molecular complexity index is 681. The quantitative estimate of drug-likeness (QED) is 0.683. The fourth-order valence-electron chi connectivity index (χ4n) is 3.49. The molecule has 2 aromatic carbocycles. The lowest BCUT2D eigenvalue weighted by atomic mass is 9.89. The molecule has 1 fully saturated rings. The van der Waals surface area contributed by atoms with Gasteiger partial charge in [0, 0.05) is 16.2 Å². The van der Waals surface area contributed by atoms with Gasteiger partial charge in [0.25, 0.3) is 0 Å². The predicted molar refractivity (Wildman–Crippen MR) is 107 cm³/mol. The van der Waals surface area contributed by atoms with Crippen molar-refractivity contribution in [3.05, 3.63) is 65.2 Å². The fourth-order valence-corrected chi connectivity index (χ4v) is 4.01. The highest BCUT2D eigenvalue weighted by Crippen LogP contribution is 2.34. The summed E-state index contributed by atoms with van der Waals surface area (Å²) in [7, 11) is 0. The van der Waals surface area contributed by atoms with Gasteiger partial charge in [0.15, 0.2) is 5.11 Å². The summed E-state index contributed by atoms with van der Waals surface area (Å²) >= 11 is 11.6. The number of benzene rings is 2. The van der Waals surface area contributed by atoms with Gasteiger partial charge in [-0.25, -0.2) is 0 Å². The van der Waals surface area contributed by atoms with Crippen molar-refractivity contribution in [1.29, 1.82) is 0 Å². The summed E-state index contributed by atoms with van der Waals surface area (Å²) in [6.07, 6.45) is 7.07. The number of aryl methyl sites for hydroxylation is 1. The molecule has 3 rings (SSSR count). The van der Waals surface area contributed by atoms with Gasteiger partial charge < -0.3 is 10.6 Å². The zero-order valence-electron chi connectivity index (χ0n) is 13.7. The van der Waals surface area contributed by atoms with Crippen LogP contribution in [0.4, 0.5) is 5.69 Å². The van der Waals surface area contributed by atoms with E-state index < -0.39 is 0 Å². The molecule has 1 aliphatic rings. The number of rotatable bonds is 5. The van der Waals surface area contributed by atoms with Crippen molar-refractivity contribution < 1.29 is 0 Å². The van der Waals surface area contributed by atoms with Gasteiger partial charge in [0.05, 0.1) is 0 Å². The Hall–Kier alpha value is -1.58. The Labute approximate surface area is 154 Å². The van der Waals surface area contributed by atoms with Crippen LogP contribution in [-0.4, -0.2) is 10.7 Å². The first-order valence-corrected chi connectivity index (χ1v) is 9.33. The molecule has 0 heterocycles. The predicted octanol–water partition coefficient (Wildman–Crippen LogP) is 5.57. The van der Waals surface area contributed by atoms with Crippen LogP contribution in [0, 0.1) is 0 Å². The molecule has 0 aliphatic heterocycles. The molecule has 24 heavy (non-hydrogen) atoms. The van der Waals surface area contributed by atoms with Crippen LogP contribution >= 0.6 is 23.8 Å². The van der Waals surface area contributed by atoms with Crippen LogP contribution in [0.1, 0.15) is 37.7 Å². The van der Waals surface area contributed by atoms with Gasteiger partial charge in [0.1, 0.15) is 0 Å². The highest BCUT2D eigenvalue weighted by molar-refractivity contribution is 7.80. The van der Waals surface area contributed by atoms with Gasteiger partial charge in [0.2, 0.25) is 0 Å². The molecule has 0 bridgehead atoms. The van der Waals surface area contributed by atoms with E-state index >= 15 is 0 Å². The Morgan fingerprint density at radius 3 is 2.50 bits per heavy atom. The van der Waals surface area contributed by atoms with E-state index in [-0.39, 0.29) is 5.54 Å². The van der Waals surface area contributed by atoms with Crippen LogP contribution in [0.25, 0.3) is 0 Å². The van der Waals surface area contributed by atoms with Crippen LogP contribution < -0.4 is 10.6 Å². The SMILES string of the molecule is S=C(Nc1cccc(Cl)c1)NC1(CCc2ccccc2)CCCC1. The first-order chi connectivity index (χ1) is 11.7. The van der Waals surface area contributed by atoms with Gasteiger partial charge in [-0.3, -0.25) is 0 Å². The Kier molecular flexibility index (Phi) is 5.75. The number of hydrogen-bond donors (Lipinski definition) is 2. The zero-order valence-corrected chi connectivity index (χ0v) is 15.3. The average molecular weight is 359 g/mol. The highest BCUT2D eigenvalue weighted by Gasteiger charge is 2.33. The second-order valence-electron chi connectivity index (χ2n) is 6.56. The number of anilines is 1. The molecule has 2 N–H and O–H groups in total. The first-order valence-electron chi connectivity index (χ1n) is 8.54. The zero-order chi connectivity index (χ0) is 16.8. The minimum absolute atomic E-state index is 0.110. The van der Waals surface area contributed by atoms with E-state index in [0.29, 0.717) is 10.1 Å². The first kappa shape index (κ1) is 17.2. The van der Waals surface area contributed by atoms with E-state index in [1.54, 1.807) is 0 Å². The van der Waals surface area contributed by atoms with Crippen LogP contribution in [0.5, 0.6) is 0 Å². The summed E-state index contributed by atoms with van der Waals surface area (Å²) in [5.41, 5.74) is 2.42. The summed E-state index contributed by atoms with van der Waals surface area (Å²) in [6, 6.07) is 18.3. The van der Waals surface area contributed by atoms with Crippen molar-refractivity contribution in [2.45, 2.75) is 44.1 Å². The Morgan fingerprint density at radius 1 is 1.04 bits per heavy atom. The van der Waals surface area contributed by atoms with Crippen molar-refractivity contribution in [2.24, 2.45) is 0 Å². The van der Waals surface area contributed by atoms with E-state index in [9.17, 15) is 0 Å². The van der Waals surface area contributed by atoms with Crippen molar-refractivity contribution in [3.8, 4) is 0 Å². The van der Waals surface area contributed by atoms with Crippen molar-refractivity contribution in [1.82, 2.24) is 5.32 Å². The smallest absolute Gasteiger partial charge is 0.171 e. The van der Waals surface area contributed by atoms with Crippen LogP contribution in [0.2, 0.25) is 5.02 Å². The summed E-state index contributed by atoms with van der Waals surface area (Å²) in [5.74, 6) is 0. The Morgan fingerprint density at radius 2 is 1.79 bits per heavy atom. The molecule has 2 aromatic rings. The summed E-state index contributed by atoms with van der Waals surface area (Å²) in [6.45, 7) is 0. The van der Waals surface area contributed by atoms with Crippen LogP contribution in [0.15, 0.2) is 54.6 Å².